The first-order valence-corrected chi connectivity index (χ1v) is 10.3. The number of aromatic nitrogens is 4. The van der Waals surface area contributed by atoms with Gasteiger partial charge in [-0.05, 0) is 36.4 Å². The average molecular weight is 417 g/mol. The van der Waals surface area contributed by atoms with Crippen LogP contribution in [0.5, 0.6) is 5.75 Å². The van der Waals surface area contributed by atoms with E-state index in [1.54, 1.807) is 18.5 Å². The third-order valence-corrected chi connectivity index (χ3v) is 5.44. The standard InChI is InChI=1S/C23H23N5O3/c29-23-19(15-21(26-27-23)16-3-5-24-6-4-16)22-13-17-1-2-18(14-20(17)25-22)31-12-9-28-7-10-30-11-8-28/h1-6,13-15,25H,7-12H2,(H,27,29). The Balaban J connectivity index is 1.36. The number of hydrogen-bond donors (Lipinski definition) is 2. The predicted molar refractivity (Wildman–Crippen MR) is 118 cm³/mol. The van der Waals surface area contributed by atoms with Crippen LogP contribution in [0.3, 0.4) is 0 Å². The van der Waals surface area contributed by atoms with Crippen LogP contribution in [0.4, 0.5) is 0 Å². The summed E-state index contributed by atoms with van der Waals surface area (Å²) in [5.74, 6) is 0.801. The number of pyridine rings is 1. The summed E-state index contributed by atoms with van der Waals surface area (Å²) in [5, 5.41) is 7.77. The molecule has 0 unspecified atom stereocenters. The number of benzene rings is 1. The lowest BCUT2D eigenvalue weighted by Gasteiger charge is -2.26. The first-order valence-electron chi connectivity index (χ1n) is 10.3. The van der Waals surface area contributed by atoms with E-state index >= 15 is 0 Å². The van der Waals surface area contributed by atoms with Crippen molar-refractivity contribution < 1.29 is 9.47 Å². The van der Waals surface area contributed by atoms with Crippen molar-refractivity contribution in [1.82, 2.24) is 25.1 Å². The Bertz CT molecular complexity index is 1230. The second-order valence-corrected chi connectivity index (χ2v) is 7.47. The second kappa shape index (κ2) is 8.71. The molecule has 1 aromatic carbocycles. The summed E-state index contributed by atoms with van der Waals surface area (Å²) in [6.07, 6.45) is 3.40. The molecular weight excluding hydrogens is 394 g/mol. The van der Waals surface area contributed by atoms with Crippen molar-refractivity contribution >= 4 is 10.9 Å². The summed E-state index contributed by atoms with van der Waals surface area (Å²) >= 11 is 0. The van der Waals surface area contributed by atoms with Crippen LogP contribution in [0.25, 0.3) is 33.4 Å². The molecule has 0 amide bonds. The highest BCUT2D eigenvalue weighted by Gasteiger charge is 2.12. The van der Waals surface area contributed by atoms with Crippen molar-refractivity contribution in [3.63, 3.8) is 0 Å². The molecule has 1 aliphatic rings. The molecular formula is C23H23N5O3. The number of fused-ring (bicyclic) bond motifs is 1. The summed E-state index contributed by atoms with van der Waals surface area (Å²) in [4.78, 5) is 22.2. The SMILES string of the molecule is O=c1[nH]nc(-c2ccncc2)cc1-c1cc2ccc(OCCN3CCOCC3)cc2[nH]1. The number of nitrogens with zero attached hydrogens (tertiary/aromatic N) is 3. The van der Waals surface area contributed by atoms with Crippen molar-refractivity contribution in [3.8, 4) is 28.3 Å². The Morgan fingerprint density at radius 3 is 2.74 bits per heavy atom. The quantitative estimate of drug-likeness (QED) is 0.501. The van der Waals surface area contributed by atoms with Gasteiger partial charge >= 0.3 is 0 Å². The first kappa shape index (κ1) is 19.5. The van der Waals surface area contributed by atoms with Gasteiger partial charge in [0.05, 0.1) is 30.2 Å². The van der Waals surface area contributed by atoms with Crippen LogP contribution in [0.2, 0.25) is 0 Å². The molecule has 4 aromatic rings. The zero-order chi connectivity index (χ0) is 21.0. The molecule has 158 valence electrons. The smallest absolute Gasteiger partial charge is 0.273 e. The molecule has 8 heteroatoms. The molecule has 5 rings (SSSR count). The maximum atomic E-state index is 12.4. The normalized spacial score (nSPS) is 14.7. The minimum absolute atomic E-state index is 0.244. The minimum atomic E-state index is -0.244. The Kier molecular flexibility index (Phi) is 5.47. The molecule has 4 heterocycles. The molecule has 8 nitrogen and oxygen atoms in total. The van der Waals surface area contributed by atoms with Crippen LogP contribution in [0.1, 0.15) is 0 Å². The Morgan fingerprint density at radius 2 is 1.90 bits per heavy atom. The molecule has 0 atom stereocenters. The lowest BCUT2D eigenvalue weighted by molar-refractivity contribution is 0.0322. The van der Waals surface area contributed by atoms with E-state index in [1.807, 2.05) is 36.4 Å². The van der Waals surface area contributed by atoms with Crippen molar-refractivity contribution in [2.24, 2.45) is 0 Å². The third kappa shape index (κ3) is 4.35. The van der Waals surface area contributed by atoms with Gasteiger partial charge in [-0.2, -0.15) is 5.10 Å². The van der Waals surface area contributed by atoms with Gasteiger partial charge < -0.3 is 14.5 Å². The van der Waals surface area contributed by atoms with Crippen molar-refractivity contribution in [1.29, 1.82) is 0 Å². The van der Waals surface area contributed by atoms with Crippen LogP contribution in [-0.4, -0.2) is 64.5 Å². The van der Waals surface area contributed by atoms with Crippen LogP contribution in [0, 0.1) is 0 Å². The van der Waals surface area contributed by atoms with E-state index in [2.05, 4.69) is 25.1 Å². The van der Waals surface area contributed by atoms with Crippen LogP contribution >= 0.6 is 0 Å². The molecule has 1 saturated heterocycles. The van der Waals surface area contributed by atoms with Crippen LogP contribution in [0.15, 0.2) is 59.7 Å². The van der Waals surface area contributed by atoms with E-state index in [9.17, 15) is 4.79 Å². The fraction of sp³-hybridized carbons (Fsp3) is 0.261. The van der Waals surface area contributed by atoms with E-state index < -0.39 is 0 Å². The molecule has 0 saturated carbocycles. The molecule has 0 bridgehead atoms. The average Bonchev–Trinajstić information content (AvgIpc) is 3.24. The maximum absolute atomic E-state index is 12.4. The van der Waals surface area contributed by atoms with E-state index in [1.165, 1.54) is 0 Å². The molecule has 2 N–H and O–H groups in total. The van der Waals surface area contributed by atoms with Crippen LogP contribution < -0.4 is 10.3 Å². The number of aromatic amines is 2. The van der Waals surface area contributed by atoms with Gasteiger partial charge in [-0.15, -0.1) is 0 Å². The van der Waals surface area contributed by atoms with E-state index in [-0.39, 0.29) is 5.56 Å². The van der Waals surface area contributed by atoms with E-state index in [0.717, 1.165) is 60.8 Å². The molecule has 0 aliphatic carbocycles. The summed E-state index contributed by atoms with van der Waals surface area (Å²) in [7, 11) is 0. The number of morpholine rings is 1. The summed E-state index contributed by atoms with van der Waals surface area (Å²) in [6, 6.07) is 13.4. The second-order valence-electron chi connectivity index (χ2n) is 7.47. The largest absolute Gasteiger partial charge is 0.492 e. The van der Waals surface area contributed by atoms with Gasteiger partial charge in [-0.3, -0.25) is 14.7 Å². The minimum Gasteiger partial charge on any atom is -0.492 e. The monoisotopic (exact) mass is 417 g/mol. The van der Waals surface area contributed by atoms with Gasteiger partial charge in [0.2, 0.25) is 0 Å². The summed E-state index contributed by atoms with van der Waals surface area (Å²) in [5.41, 5.74) is 3.52. The highest BCUT2D eigenvalue weighted by Crippen LogP contribution is 2.27. The van der Waals surface area contributed by atoms with Gasteiger partial charge in [0.25, 0.3) is 5.56 Å². The predicted octanol–water partition coefficient (Wildman–Crippen LogP) is 2.69. The lowest BCUT2D eigenvalue weighted by Crippen LogP contribution is -2.38. The highest BCUT2D eigenvalue weighted by atomic mass is 16.5. The number of H-pyrrole nitrogens is 2. The van der Waals surface area contributed by atoms with Gasteiger partial charge in [0.1, 0.15) is 12.4 Å². The van der Waals surface area contributed by atoms with Crippen molar-refractivity contribution in [3.05, 3.63) is 65.2 Å². The fourth-order valence-corrected chi connectivity index (χ4v) is 3.73. The lowest BCUT2D eigenvalue weighted by atomic mass is 10.1. The summed E-state index contributed by atoms with van der Waals surface area (Å²) in [6.45, 7) is 4.97. The van der Waals surface area contributed by atoms with E-state index in [4.69, 9.17) is 9.47 Å². The number of rotatable bonds is 6. The number of ether oxygens (including phenoxy) is 2. The molecule has 31 heavy (non-hydrogen) atoms. The number of hydrogen-bond acceptors (Lipinski definition) is 6. The zero-order valence-electron chi connectivity index (χ0n) is 17.0. The Labute approximate surface area is 178 Å². The van der Waals surface area contributed by atoms with Gasteiger partial charge in [0.15, 0.2) is 0 Å². The topological polar surface area (TPSA) is 96.1 Å². The Hall–Kier alpha value is -3.49. The zero-order valence-corrected chi connectivity index (χ0v) is 17.0. The summed E-state index contributed by atoms with van der Waals surface area (Å²) < 4.78 is 11.3. The Morgan fingerprint density at radius 1 is 1.06 bits per heavy atom. The van der Waals surface area contributed by atoms with Gasteiger partial charge in [-0.1, -0.05) is 0 Å². The van der Waals surface area contributed by atoms with E-state index in [0.29, 0.717) is 17.9 Å². The fourth-order valence-electron chi connectivity index (χ4n) is 3.73. The first-order chi connectivity index (χ1) is 15.3. The third-order valence-electron chi connectivity index (χ3n) is 5.44. The molecule has 1 fully saturated rings. The highest BCUT2D eigenvalue weighted by molar-refractivity contribution is 5.87. The van der Waals surface area contributed by atoms with Crippen molar-refractivity contribution in [2.45, 2.75) is 0 Å². The van der Waals surface area contributed by atoms with Crippen LogP contribution in [-0.2, 0) is 4.74 Å². The molecule has 0 spiro atoms. The number of nitrogens with one attached hydrogen (secondary N) is 2. The van der Waals surface area contributed by atoms with Gasteiger partial charge in [0, 0.05) is 54.6 Å². The molecule has 1 aliphatic heterocycles. The molecule has 3 aromatic heterocycles. The molecule has 0 radical (unpaired) electrons. The maximum Gasteiger partial charge on any atom is 0.273 e. The van der Waals surface area contributed by atoms with Crippen molar-refractivity contribution in [2.75, 3.05) is 39.5 Å². The van der Waals surface area contributed by atoms with Gasteiger partial charge in [-0.25, -0.2) is 5.10 Å².